The van der Waals surface area contributed by atoms with Crippen LogP contribution in [0.15, 0.2) is 29.1 Å². The van der Waals surface area contributed by atoms with Crippen LogP contribution < -0.4 is 5.56 Å². The van der Waals surface area contributed by atoms with Crippen molar-refractivity contribution in [1.82, 2.24) is 14.9 Å². The van der Waals surface area contributed by atoms with E-state index in [1.54, 1.807) is 0 Å². The second-order valence-corrected chi connectivity index (χ2v) is 6.79. The summed E-state index contributed by atoms with van der Waals surface area (Å²) >= 11 is 0. The Bertz CT molecular complexity index is 810. The van der Waals surface area contributed by atoms with Crippen molar-refractivity contribution >= 4 is 0 Å². The van der Waals surface area contributed by atoms with Crippen molar-refractivity contribution in [2.45, 2.75) is 33.0 Å². The molecule has 0 radical (unpaired) electrons. The van der Waals surface area contributed by atoms with Gasteiger partial charge >= 0.3 is 6.18 Å². The number of hydrogen-bond acceptors (Lipinski definition) is 3. The molecular weight excluding hydrogens is 331 g/mol. The molecule has 0 atom stereocenters. The molecule has 0 bridgehead atoms. The predicted octanol–water partition coefficient (Wildman–Crippen LogP) is 3.47. The summed E-state index contributed by atoms with van der Waals surface area (Å²) in [5.41, 5.74) is 0.929. The van der Waals surface area contributed by atoms with Crippen LogP contribution in [-0.2, 0) is 19.1 Å². The molecule has 1 aromatic heterocycles. The van der Waals surface area contributed by atoms with Gasteiger partial charge in [-0.15, -0.1) is 0 Å². The van der Waals surface area contributed by atoms with Crippen LogP contribution in [0.25, 0.3) is 11.4 Å². The van der Waals surface area contributed by atoms with Crippen molar-refractivity contribution in [3.63, 3.8) is 0 Å². The van der Waals surface area contributed by atoms with Crippen LogP contribution in [0, 0.1) is 5.92 Å². The minimum Gasteiger partial charge on any atom is -0.306 e. The Hall–Kier alpha value is -2.15. The van der Waals surface area contributed by atoms with Crippen LogP contribution >= 0.6 is 0 Å². The fraction of sp³-hybridized carbons (Fsp3) is 0.444. The van der Waals surface area contributed by atoms with E-state index in [1.165, 1.54) is 12.1 Å². The maximum Gasteiger partial charge on any atom is 0.416 e. The summed E-state index contributed by atoms with van der Waals surface area (Å²) in [7, 11) is 0. The minimum atomic E-state index is -4.38. The molecule has 3 rings (SSSR count). The SMILES string of the molecule is CC(C)CN1CCc2c(nc(-c3ccc(C(F)(F)F)cc3)[nH]c2=O)C1. The lowest BCUT2D eigenvalue weighted by Gasteiger charge is -2.29. The number of hydrogen-bond donors (Lipinski definition) is 1. The van der Waals surface area contributed by atoms with Crippen LogP contribution in [0.4, 0.5) is 13.2 Å². The summed E-state index contributed by atoms with van der Waals surface area (Å²) in [5.74, 6) is 0.821. The lowest BCUT2D eigenvalue weighted by Crippen LogP contribution is -2.37. The van der Waals surface area contributed by atoms with Gasteiger partial charge in [-0.3, -0.25) is 9.69 Å². The zero-order chi connectivity index (χ0) is 18.2. The van der Waals surface area contributed by atoms with Crippen LogP contribution in [0.1, 0.15) is 30.7 Å². The highest BCUT2D eigenvalue weighted by molar-refractivity contribution is 5.56. The van der Waals surface area contributed by atoms with Gasteiger partial charge in [0.25, 0.3) is 5.56 Å². The number of aromatic nitrogens is 2. The molecule has 0 unspecified atom stereocenters. The lowest BCUT2D eigenvalue weighted by atomic mass is 10.0. The van der Waals surface area contributed by atoms with E-state index < -0.39 is 11.7 Å². The first kappa shape index (κ1) is 17.7. The van der Waals surface area contributed by atoms with Crippen LogP contribution in [-0.4, -0.2) is 28.0 Å². The van der Waals surface area contributed by atoms with Gasteiger partial charge in [0.05, 0.1) is 11.3 Å². The van der Waals surface area contributed by atoms with Gasteiger partial charge < -0.3 is 4.98 Å². The quantitative estimate of drug-likeness (QED) is 0.921. The van der Waals surface area contributed by atoms with Crippen LogP contribution in [0.5, 0.6) is 0 Å². The average molecular weight is 351 g/mol. The number of nitrogens with zero attached hydrogens (tertiary/aromatic N) is 2. The summed E-state index contributed by atoms with van der Waals surface area (Å²) in [6.07, 6.45) is -3.75. The number of fused-ring (bicyclic) bond motifs is 1. The molecular formula is C18H20F3N3O. The first-order valence-electron chi connectivity index (χ1n) is 8.26. The number of aromatic amines is 1. The zero-order valence-corrected chi connectivity index (χ0v) is 14.2. The maximum absolute atomic E-state index is 12.7. The third kappa shape index (κ3) is 3.92. The fourth-order valence-electron chi connectivity index (χ4n) is 3.12. The van der Waals surface area contributed by atoms with Crippen molar-refractivity contribution < 1.29 is 13.2 Å². The number of H-pyrrole nitrogens is 1. The van der Waals surface area contributed by atoms with E-state index in [9.17, 15) is 18.0 Å². The summed E-state index contributed by atoms with van der Waals surface area (Å²) in [6.45, 7) is 6.59. The molecule has 4 nitrogen and oxygen atoms in total. The normalized spacial score (nSPS) is 15.4. The monoisotopic (exact) mass is 351 g/mol. The molecule has 0 saturated carbocycles. The first-order chi connectivity index (χ1) is 11.7. The molecule has 0 spiro atoms. The molecule has 1 aliphatic rings. The molecule has 25 heavy (non-hydrogen) atoms. The van der Waals surface area contributed by atoms with Crippen molar-refractivity contribution in [1.29, 1.82) is 0 Å². The number of rotatable bonds is 3. The Morgan fingerprint density at radius 3 is 2.52 bits per heavy atom. The van der Waals surface area contributed by atoms with E-state index in [0.29, 0.717) is 41.5 Å². The van der Waals surface area contributed by atoms with Gasteiger partial charge in [-0.1, -0.05) is 26.0 Å². The largest absolute Gasteiger partial charge is 0.416 e. The van der Waals surface area contributed by atoms with Gasteiger partial charge in [0.15, 0.2) is 0 Å². The third-order valence-corrected chi connectivity index (χ3v) is 4.26. The van der Waals surface area contributed by atoms with E-state index in [1.807, 2.05) is 0 Å². The van der Waals surface area contributed by atoms with Crippen LogP contribution in [0.2, 0.25) is 0 Å². The van der Waals surface area contributed by atoms with Crippen molar-refractivity contribution in [3.8, 4) is 11.4 Å². The lowest BCUT2D eigenvalue weighted by molar-refractivity contribution is -0.137. The summed E-state index contributed by atoms with van der Waals surface area (Å²) in [4.78, 5) is 21.8. The summed E-state index contributed by atoms with van der Waals surface area (Å²) in [6, 6.07) is 4.67. The predicted molar refractivity (Wildman–Crippen MR) is 89.1 cm³/mol. The van der Waals surface area contributed by atoms with E-state index in [0.717, 1.165) is 25.2 Å². The van der Waals surface area contributed by atoms with E-state index in [2.05, 4.69) is 28.7 Å². The fourth-order valence-corrected chi connectivity index (χ4v) is 3.12. The Balaban J connectivity index is 1.92. The second-order valence-electron chi connectivity index (χ2n) is 6.79. The topological polar surface area (TPSA) is 49.0 Å². The van der Waals surface area contributed by atoms with Crippen molar-refractivity contribution in [3.05, 3.63) is 51.4 Å². The molecule has 0 fully saturated rings. The van der Waals surface area contributed by atoms with Crippen molar-refractivity contribution in [2.75, 3.05) is 13.1 Å². The summed E-state index contributed by atoms with van der Waals surface area (Å²) < 4.78 is 38.0. The molecule has 0 saturated heterocycles. The standard InChI is InChI=1S/C18H20F3N3O/c1-11(2)9-24-8-7-14-15(10-24)22-16(23-17(14)25)12-3-5-13(6-4-12)18(19,20)21/h3-6,11H,7-10H2,1-2H3,(H,22,23,25). The molecule has 2 aromatic rings. The smallest absolute Gasteiger partial charge is 0.306 e. The number of benzene rings is 1. The Morgan fingerprint density at radius 2 is 1.92 bits per heavy atom. The zero-order valence-electron chi connectivity index (χ0n) is 14.2. The van der Waals surface area contributed by atoms with E-state index in [4.69, 9.17) is 0 Å². The summed E-state index contributed by atoms with van der Waals surface area (Å²) in [5, 5.41) is 0. The number of halogens is 3. The van der Waals surface area contributed by atoms with Gasteiger partial charge in [-0.05, 0) is 24.5 Å². The highest BCUT2D eigenvalue weighted by atomic mass is 19.4. The third-order valence-electron chi connectivity index (χ3n) is 4.26. The Morgan fingerprint density at radius 1 is 1.24 bits per heavy atom. The molecule has 2 heterocycles. The van der Waals surface area contributed by atoms with Gasteiger partial charge in [-0.2, -0.15) is 13.2 Å². The highest BCUT2D eigenvalue weighted by Gasteiger charge is 2.30. The molecule has 7 heteroatoms. The molecule has 0 amide bonds. The van der Waals surface area contributed by atoms with Gasteiger partial charge in [0.1, 0.15) is 5.82 Å². The molecule has 134 valence electrons. The molecule has 0 aliphatic carbocycles. The molecule has 1 aliphatic heterocycles. The molecule has 1 N–H and O–H groups in total. The minimum absolute atomic E-state index is 0.205. The Labute approximate surface area is 143 Å². The Kier molecular flexibility index (Phi) is 4.69. The van der Waals surface area contributed by atoms with Crippen LogP contribution in [0.3, 0.4) is 0 Å². The van der Waals surface area contributed by atoms with E-state index in [-0.39, 0.29) is 5.56 Å². The maximum atomic E-state index is 12.7. The molecule has 1 aromatic carbocycles. The average Bonchev–Trinajstić information content (AvgIpc) is 2.53. The number of alkyl halides is 3. The van der Waals surface area contributed by atoms with E-state index >= 15 is 0 Å². The van der Waals surface area contributed by atoms with Gasteiger partial charge in [0.2, 0.25) is 0 Å². The van der Waals surface area contributed by atoms with Crippen molar-refractivity contribution in [2.24, 2.45) is 5.92 Å². The first-order valence-corrected chi connectivity index (χ1v) is 8.26. The van der Waals surface area contributed by atoms with Gasteiger partial charge in [-0.25, -0.2) is 4.98 Å². The highest BCUT2D eigenvalue weighted by Crippen LogP contribution is 2.30. The second kappa shape index (κ2) is 6.63. The van der Waals surface area contributed by atoms with Gasteiger partial charge in [0, 0.05) is 30.8 Å². The number of nitrogens with one attached hydrogen (secondary N) is 1.